The Balaban J connectivity index is 1.69. The summed E-state index contributed by atoms with van der Waals surface area (Å²) in [6.45, 7) is 7.45. The summed E-state index contributed by atoms with van der Waals surface area (Å²) in [7, 11) is -4.20. The minimum atomic E-state index is -4.20. The molecule has 0 aliphatic carbocycles. The van der Waals surface area contributed by atoms with Gasteiger partial charge in [0.15, 0.2) is 11.5 Å². The number of rotatable bonds is 9. The molecular formula is C20H26O7S. The fraction of sp³-hybridized carbons (Fsp3) is 0.400. The zero-order chi connectivity index (χ0) is 20.8. The minimum absolute atomic E-state index is 0.0424. The molecule has 0 aliphatic rings. The lowest BCUT2D eigenvalue weighted by Crippen LogP contribution is -2.13. The Morgan fingerprint density at radius 1 is 0.893 bits per heavy atom. The van der Waals surface area contributed by atoms with E-state index in [1.807, 2.05) is 12.1 Å². The number of hydrogen-bond donors (Lipinski definition) is 2. The van der Waals surface area contributed by atoms with E-state index < -0.39 is 10.1 Å². The first-order valence-corrected chi connectivity index (χ1v) is 10.3. The summed E-state index contributed by atoms with van der Waals surface area (Å²) in [6, 6.07) is 10.8. The monoisotopic (exact) mass is 410 g/mol. The molecule has 0 spiro atoms. The first-order valence-electron chi connectivity index (χ1n) is 8.82. The molecule has 8 heteroatoms. The molecule has 0 amide bonds. The van der Waals surface area contributed by atoms with Crippen molar-refractivity contribution in [2.75, 3.05) is 26.4 Å². The molecule has 0 unspecified atom stereocenters. The van der Waals surface area contributed by atoms with Gasteiger partial charge in [-0.1, -0.05) is 26.8 Å². The Bertz CT molecular complexity index is 868. The predicted octanol–water partition coefficient (Wildman–Crippen LogP) is 3.41. The molecule has 154 valence electrons. The van der Waals surface area contributed by atoms with Crippen molar-refractivity contribution in [3.63, 3.8) is 0 Å². The lowest BCUT2D eigenvalue weighted by atomic mass is 9.87. The lowest BCUT2D eigenvalue weighted by molar-refractivity contribution is 0.0757. The Kier molecular flexibility index (Phi) is 7.29. The Morgan fingerprint density at radius 2 is 1.50 bits per heavy atom. The van der Waals surface area contributed by atoms with Gasteiger partial charge >= 0.3 is 0 Å². The number of phenolic OH excluding ortho intramolecular Hbond substituents is 1. The summed E-state index contributed by atoms with van der Waals surface area (Å²) in [5.74, 6) is 0.979. The highest BCUT2D eigenvalue weighted by atomic mass is 32.2. The maximum absolute atomic E-state index is 11.0. The van der Waals surface area contributed by atoms with Gasteiger partial charge in [-0.3, -0.25) is 4.55 Å². The van der Waals surface area contributed by atoms with Crippen molar-refractivity contribution in [3.8, 4) is 17.2 Å². The molecule has 2 aromatic rings. The summed E-state index contributed by atoms with van der Waals surface area (Å²) in [5.41, 5.74) is 1.02. The van der Waals surface area contributed by atoms with Gasteiger partial charge in [0.25, 0.3) is 10.1 Å². The molecule has 0 radical (unpaired) electrons. The van der Waals surface area contributed by atoms with E-state index in [2.05, 4.69) is 20.8 Å². The smallest absolute Gasteiger partial charge is 0.294 e. The molecule has 0 bridgehead atoms. The first kappa shape index (κ1) is 22.0. The second-order valence-electron chi connectivity index (χ2n) is 7.19. The van der Waals surface area contributed by atoms with Crippen LogP contribution in [0.1, 0.15) is 26.3 Å². The summed E-state index contributed by atoms with van der Waals surface area (Å²) < 4.78 is 47.3. The molecule has 28 heavy (non-hydrogen) atoms. The van der Waals surface area contributed by atoms with Crippen LogP contribution in [0, 0.1) is 0 Å². The van der Waals surface area contributed by atoms with Crippen LogP contribution in [-0.2, 0) is 20.3 Å². The Morgan fingerprint density at radius 3 is 2.07 bits per heavy atom. The van der Waals surface area contributed by atoms with Gasteiger partial charge in [-0.05, 0) is 47.4 Å². The molecular weight excluding hydrogens is 384 g/mol. The number of phenols is 1. The van der Waals surface area contributed by atoms with Crippen LogP contribution in [0.25, 0.3) is 0 Å². The maximum Gasteiger partial charge on any atom is 0.294 e. The van der Waals surface area contributed by atoms with Gasteiger partial charge in [-0.25, -0.2) is 0 Å². The highest BCUT2D eigenvalue weighted by Crippen LogP contribution is 2.32. The molecule has 0 aromatic heterocycles. The molecule has 2 N–H and O–H groups in total. The third kappa shape index (κ3) is 6.70. The van der Waals surface area contributed by atoms with Crippen LogP contribution < -0.4 is 9.47 Å². The molecule has 0 saturated heterocycles. The molecule has 7 nitrogen and oxygen atoms in total. The second-order valence-corrected chi connectivity index (χ2v) is 8.61. The van der Waals surface area contributed by atoms with Gasteiger partial charge < -0.3 is 19.3 Å². The van der Waals surface area contributed by atoms with E-state index in [4.69, 9.17) is 18.8 Å². The first-order chi connectivity index (χ1) is 13.1. The third-order valence-corrected chi connectivity index (χ3v) is 4.80. The van der Waals surface area contributed by atoms with Crippen molar-refractivity contribution in [1.29, 1.82) is 0 Å². The number of aromatic hydroxyl groups is 1. The van der Waals surface area contributed by atoms with Crippen LogP contribution in [-0.4, -0.2) is 44.5 Å². The predicted molar refractivity (Wildman–Crippen MR) is 105 cm³/mol. The lowest BCUT2D eigenvalue weighted by Gasteiger charge is -2.20. The van der Waals surface area contributed by atoms with Crippen molar-refractivity contribution in [3.05, 3.63) is 48.0 Å². The van der Waals surface area contributed by atoms with E-state index in [1.54, 1.807) is 6.07 Å². The van der Waals surface area contributed by atoms with Crippen molar-refractivity contribution < 1.29 is 32.3 Å². The second kappa shape index (κ2) is 9.27. The Labute approximate surface area is 165 Å². The van der Waals surface area contributed by atoms with Crippen molar-refractivity contribution in [2.45, 2.75) is 31.1 Å². The number of ether oxygens (including phenoxy) is 3. The normalized spacial score (nSPS) is 12.0. The summed E-state index contributed by atoms with van der Waals surface area (Å²) in [5, 5.41) is 9.90. The maximum atomic E-state index is 11.0. The molecule has 0 atom stereocenters. The van der Waals surface area contributed by atoms with Crippen molar-refractivity contribution >= 4 is 10.1 Å². The largest absolute Gasteiger partial charge is 0.504 e. The minimum Gasteiger partial charge on any atom is -0.504 e. The van der Waals surface area contributed by atoms with E-state index in [9.17, 15) is 13.5 Å². The summed E-state index contributed by atoms with van der Waals surface area (Å²) in [6.07, 6.45) is 0. The average Bonchev–Trinajstić information content (AvgIpc) is 2.61. The fourth-order valence-corrected chi connectivity index (χ4v) is 2.82. The zero-order valence-corrected chi connectivity index (χ0v) is 17.0. The van der Waals surface area contributed by atoms with Crippen molar-refractivity contribution in [2.24, 2.45) is 0 Å². The molecule has 0 saturated carbocycles. The molecule has 0 aliphatic heterocycles. The standard InChI is InChI=1S/C20H26O7S/c1-20(2,3)15-4-9-18(21)19(14-15)27-13-11-25-10-12-26-16-5-7-17(8-6-16)28(22,23)24/h4-9,14,21H,10-13H2,1-3H3,(H,22,23,24). The van der Waals surface area contributed by atoms with Gasteiger partial charge in [0.1, 0.15) is 19.0 Å². The van der Waals surface area contributed by atoms with Crippen LogP contribution in [0.3, 0.4) is 0 Å². The fourth-order valence-electron chi connectivity index (χ4n) is 2.34. The SMILES string of the molecule is CC(C)(C)c1ccc(O)c(OCCOCCOc2ccc(S(=O)(=O)O)cc2)c1. The van der Waals surface area contributed by atoms with E-state index in [1.165, 1.54) is 24.3 Å². The average molecular weight is 410 g/mol. The number of hydrogen-bond acceptors (Lipinski definition) is 6. The summed E-state index contributed by atoms with van der Waals surface area (Å²) >= 11 is 0. The van der Waals surface area contributed by atoms with E-state index in [0.29, 0.717) is 24.7 Å². The highest BCUT2D eigenvalue weighted by molar-refractivity contribution is 7.85. The van der Waals surface area contributed by atoms with Crippen LogP contribution in [0.5, 0.6) is 17.2 Å². The quantitative estimate of drug-likeness (QED) is 0.482. The molecule has 0 fully saturated rings. The van der Waals surface area contributed by atoms with Gasteiger partial charge in [-0.2, -0.15) is 8.42 Å². The topological polar surface area (TPSA) is 102 Å². The Hall–Kier alpha value is -2.29. The zero-order valence-electron chi connectivity index (χ0n) is 16.2. The third-order valence-electron chi connectivity index (χ3n) is 3.93. The van der Waals surface area contributed by atoms with Crippen molar-refractivity contribution in [1.82, 2.24) is 0 Å². The van der Waals surface area contributed by atoms with Crippen LogP contribution in [0.2, 0.25) is 0 Å². The van der Waals surface area contributed by atoms with E-state index >= 15 is 0 Å². The van der Waals surface area contributed by atoms with Gasteiger partial charge in [0.2, 0.25) is 0 Å². The van der Waals surface area contributed by atoms with Gasteiger partial charge in [0, 0.05) is 0 Å². The molecule has 2 aromatic carbocycles. The number of benzene rings is 2. The molecule has 2 rings (SSSR count). The molecule has 0 heterocycles. The van der Waals surface area contributed by atoms with Crippen LogP contribution in [0.15, 0.2) is 47.4 Å². The van der Waals surface area contributed by atoms with Gasteiger partial charge in [-0.15, -0.1) is 0 Å². The van der Waals surface area contributed by atoms with Gasteiger partial charge in [0.05, 0.1) is 18.1 Å². The van der Waals surface area contributed by atoms with Crippen LogP contribution >= 0.6 is 0 Å². The van der Waals surface area contributed by atoms with Crippen LogP contribution in [0.4, 0.5) is 0 Å². The summed E-state index contributed by atoms with van der Waals surface area (Å²) in [4.78, 5) is -0.188. The van der Waals surface area contributed by atoms with E-state index in [-0.39, 0.29) is 29.3 Å². The van der Waals surface area contributed by atoms with E-state index in [0.717, 1.165) is 5.56 Å². The highest BCUT2D eigenvalue weighted by Gasteiger charge is 2.16.